The molecule has 1 aromatic heterocycles. The van der Waals surface area contributed by atoms with E-state index < -0.39 is 29.5 Å². The number of rotatable bonds is 2. The van der Waals surface area contributed by atoms with Gasteiger partial charge in [-0.25, -0.2) is 18.6 Å². The van der Waals surface area contributed by atoms with E-state index in [1.165, 1.54) is 22.6 Å². The quantitative estimate of drug-likeness (QED) is 0.673. The van der Waals surface area contributed by atoms with Crippen LogP contribution in [0, 0.1) is 9.65 Å². The minimum Gasteiger partial charge on any atom is -0.478 e. The van der Waals surface area contributed by atoms with E-state index in [2.05, 4.69) is 4.98 Å². The predicted molar refractivity (Wildman–Crippen MR) is 48.8 cm³/mol. The molecule has 0 saturated carbocycles. The molecule has 76 valence electrons. The molecular formula is C7H3F3INO2. The van der Waals surface area contributed by atoms with Crippen molar-refractivity contribution in [3.63, 3.8) is 0 Å². The molecule has 0 radical (unpaired) electrons. The maximum atomic E-state index is 12.6. The molecule has 0 atom stereocenters. The van der Waals surface area contributed by atoms with Crippen LogP contribution >= 0.6 is 22.6 Å². The first kappa shape index (κ1) is 11.2. The van der Waals surface area contributed by atoms with Crippen molar-refractivity contribution >= 4 is 28.6 Å². The molecule has 0 saturated heterocycles. The SMILES string of the molecule is O=C(O)c1c(C(F)F)cc(F)nc1I. The topological polar surface area (TPSA) is 50.2 Å². The average molecular weight is 317 g/mol. The molecule has 7 heteroatoms. The first-order valence-electron chi connectivity index (χ1n) is 3.31. The van der Waals surface area contributed by atoms with Gasteiger partial charge in [0.15, 0.2) is 0 Å². The molecule has 0 fully saturated rings. The van der Waals surface area contributed by atoms with Gasteiger partial charge < -0.3 is 5.11 Å². The zero-order chi connectivity index (χ0) is 10.9. The first-order valence-corrected chi connectivity index (χ1v) is 4.38. The van der Waals surface area contributed by atoms with E-state index in [1.54, 1.807) is 0 Å². The summed E-state index contributed by atoms with van der Waals surface area (Å²) in [6.07, 6.45) is -3.04. The molecule has 0 amide bonds. The summed E-state index contributed by atoms with van der Waals surface area (Å²) in [5.41, 5.74) is -1.50. The Morgan fingerprint density at radius 1 is 1.57 bits per heavy atom. The lowest BCUT2D eigenvalue weighted by molar-refractivity contribution is 0.0682. The Bertz CT molecular complexity index is 383. The molecule has 0 aliphatic carbocycles. The fourth-order valence-electron chi connectivity index (χ4n) is 0.885. The maximum Gasteiger partial charge on any atom is 0.338 e. The van der Waals surface area contributed by atoms with Crippen LogP contribution in [0.15, 0.2) is 6.07 Å². The van der Waals surface area contributed by atoms with Gasteiger partial charge in [0.25, 0.3) is 6.43 Å². The van der Waals surface area contributed by atoms with Gasteiger partial charge in [-0.2, -0.15) is 4.39 Å². The van der Waals surface area contributed by atoms with Crippen LogP contribution in [0.25, 0.3) is 0 Å². The number of aromatic carboxylic acids is 1. The Balaban J connectivity index is 3.44. The standard InChI is InChI=1S/C7H3F3INO2/c8-3-1-2(5(9)10)4(7(13)14)6(11)12-3/h1,5H,(H,13,14). The number of carbonyl (C=O) groups is 1. The van der Waals surface area contributed by atoms with Crippen LogP contribution in [0.4, 0.5) is 13.2 Å². The lowest BCUT2D eigenvalue weighted by Gasteiger charge is -2.06. The number of carboxylic acids is 1. The second-order valence-electron chi connectivity index (χ2n) is 2.31. The van der Waals surface area contributed by atoms with Gasteiger partial charge in [-0.3, -0.25) is 0 Å². The van der Waals surface area contributed by atoms with E-state index in [0.29, 0.717) is 6.07 Å². The Morgan fingerprint density at radius 3 is 2.57 bits per heavy atom. The summed E-state index contributed by atoms with van der Waals surface area (Å²) in [5.74, 6) is -2.66. The summed E-state index contributed by atoms with van der Waals surface area (Å²) in [6, 6.07) is 0.427. The fraction of sp³-hybridized carbons (Fsp3) is 0.143. The van der Waals surface area contributed by atoms with Crippen molar-refractivity contribution in [3.05, 3.63) is 26.8 Å². The van der Waals surface area contributed by atoms with Crippen LogP contribution in [0.3, 0.4) is 0 Å². The number of halogens is 4. The molecule has 0 aliphatic rings. The number of pyridine rings is 1. The number of aromatic nitrogens is 1. The molecule has 1 heterocycles. The van der Waals surface area contributed by atoms with Crippen LogP contribution < -0.4 is 0 Å². The Hall–Kier alpha value is -0.860. The number of hydrogen-bond acceptors (Lipinski definition) is 2. The molecule has 14 heavy (non-hydrogen) atoms. The van der Waals surface area contributed by atoms with Crippen molar-refractivity contribution in [1.29, 1.82) is 0 Å². The van der Waals surface area contributed by atoms with Gasteiger partial charge in [0, 0.05) is 11.6 Å². The highest BCUT2D eigenvalue weighted by Gasteiger charge is 2.23. The highest BCUT2D eigenvalue weighted by Crippen LogP contribution is 2.26. The molecule has 1 rings (SSSR count). The van der Waals surface area contributed by atoms with E-state index in [9.17, 15) is 18.0 Å². The van der Waals surface area contributed by atoms with Crippen molar-refractivity contribution in [2.75, 3.05) is 0 Å². The average Bonchev–Trinajstić information content (AvgIpc) is 2.01. The summed E-state index contributed by atoms with van der Waals surface area (Å²) in [7, 11) is 0. The molecule has 0 unspecified atom stereocenters. The number of hydrogen-bond donors (Lipinski definition) is 1. The Kier molecular flexibility index (Phi) is 3.29. The van der Waals surface area contributed by atoms with Crippen molar-refractivity contribution in [2.45, 2.75) is 6.43 Å². The highest BCUT2D eigenvalue weighted by atomic mass is 127. The van der Waals surface area contributed by atoms with Gasteiger partial charge in [-0.1, -0.05) is 0 Å². The molecule has 0 aliphatic heterocycles. The summed E-state index contributed by atoms with van der Waals surface area (Å²) >= 11 is 1.39. The fourth-order valence-corrected chi connectivity index (χ4v) is 1.66. The normalized spacial score (nSPS) is 10.6. The molecule has 0 spiro atoms. The van der Waals surface area contributed by atoms with Gasteiger partial charge in [0.1, 0.15) is 9.26 Å². The lowest BCUT2D eigenvalue weighted by atomic mass is 10.1. The van der Waals surface area contributed by atoms with Gasteiger partial charge in [-0.05, 0) is 22.6 Å². The van der Waals surface area contributed by atoms with E-state index in [-0.39, 0.29) is 3.70 Å². The maximum absolute atomic E-state index is 12.6. The first-order chi connectivity index (χ1) is 6.43. The summed E-state index contributed by atoms with van der Waals surface area (Å²) < 4.78 is 36.9. The minimum atomic E-state index is -3.04. The van der Waals surface area contributed by atoms with E-state index in [4.69, 9.17) is 5.11 Å². The lowest BCUT2D eigenvalue weighted by Crippen LogP contribution is -2.09. The molecule has 1 N–H and O–H groups in total. The van der Waals surface area contributed by atoms with E-state index in [1.807, 2.05) is 0 Å². The van der Waals surface area contributed by atoms with Crippen LogP contribution in [-0.2, 0) is 0 Å². The summed E-state index contributed by atoms with van der Waals surface area (Å²) in [4.78, 5) is 13.7. The third-order valence-electron chi connectivity index (χ3n) is 1.42. The molecular weight excluding hydrogens is 314 g/mol. The Morgan fingerprint density at radius 2 is 2.14 bits per heavy atom. The van der Waals surface area contributed by atoms with Gasteiger partial charge in [0.05, 0.1) is 0 Å². The van der Waals surface area contributed by atoms with Gasteiger partial charge in [0.2, 0.25) is 5.95 Å². The van der Waals surface area contributed by atoms with Crippen LogP contribution in [0.1, 0.15) is 22.3 Å². The number of carboxylic acid groups (broad SMARTS) is 1. The molecule has 0 aromatic carbocycles. The van der Waals surface area contributed by atoms with Gasteiger partial charge in [-0.15, -0.1) is 0 Å². The van der Waals surface area contributed by atoms with Crippen molar-refractivity contribution in [2.24, 2.45) is 0 Å². The van der Waals surface area contributed by atoms with Crippen molar-refractivity contribution < 1.29 is 23.1 Å². The van der Waals surface area contributed by atoms with E-state index >= 15 is 0 Å². The second-order valence-corrected chi connectivity index (χ2v) is 3.33. The number of nitrogens with zero attached hydrogens (tertiary/aromatic N) is 1. The predicted octanol–water partition coefficient (Wildman–Crippen LogP) is 2.46. The minimum absolute atomic E-state index is 0.287. The molecule has 1 aromatic rings. The van der Waals surface area contributed by atoms with Crippen molar-refractivity contribution in [3.8, 4) is 0 Å². The number of alkyl halides is 2. The van der Waals surface area contributed by atoms with E-state index in [0.717, 1.165) is 0 Å². The largest absolute Gasteiger partial charge is 0.478 e. The smallest absolute Gasteiger partial charge is 0.338 e. The summed E-state index contributed by atoms with van der Waals surface area (Å²) in [6.45, 7) is 0. The van der Waals surface area contributed by atoms with Gasteiger partial charge >= 0.3 is 5.97 Å². The van der Waals surface area contributed by atoms with Crippen LogP contribution in [0.5, 0.6) is 0 Å². The third kappa shape index (κ3) is 2.14. The summed E-state index contributed by atoms with van der Waals surface area (Å²) in [5, 5.41) is 8.59. The zero-order valence-corrected chi connectivity index (χ0v) is 8.63. The monoisotopic (exact) mass is 317 g/mol. The molecule has 0 bridgehead atoms. The second kappa shape index (κ2) is 4.11. The third-order valence-corrected chi connectivity index (χ3v) is 2.20. The van der Waals surface area contributed by atoms with Crippen LogP contribution in [0.2, 0.25) is 0 Å². The zero-order valence-electron chi connectivity index (χ0n) is 6.47. The Labute approximate surface area is 90.1 Å². The highest BCUT2D eigenvalue weighted by molar-refractivity contribution is 14.1. The molecule has 3 nitrogen and oxygen atoms in total. The van der Waals surface area contributed by atoms with Crippen molar-refractivity contribution in [1.82, 2.24) is 4.98 Å². The van der Waals surface area contributed by atoms with Crippen LogP contribution in [-0.4, -0.2) is 16.1 Å².